The molecule has 2 aromatic rings. The molecular weight excluding hydrogens is 354 g/mol. The summed E-state index contributed by atoms with van der Waals surface area (Å²) < 4.78 is 37.1. The van der Waals surface area contributed by atoms with E-state index in [1.807, 2.05) is 0 Å². The molecule has 24 heavy (non-hydrogen) atoms. The third-order valence-corrected chi connectivity index (χ3v) is 5.15. The lowest BCUT2D eigenvalue weighted by atomic mass is 10.2. The molecule has 2 rings (SSSR count). The predicted molar refractivity (Wildman–Crippen MR) is 91.4 cm³/mol. The van der Waals surface area contributed by atoms with Crippen molar-refractivity contribution in [2.24, 2.45) is 0 Å². The van der Waals surface area contributed by atoms with Crippen LogP contribution in [-0.4, -0.2) is 34.4 Å². The first kappa shape index (κ1) is 18.1. The van der Waals surface area contributed by atoms with Crippen LogP contribution in [0.1, 0.15) is 0 Å². The van der Waals surface area contributed by atoms with E-state index in [-0.39, 0.29) is 16.3 Å². The molecule has 0 saturated carbocycles. The first-order chi connectivity index (χ1) is 11.4. The van der Waals surface area contributed by atoms with Crippen LogP contribution in [0.15, 0.2) is 53.4 Å². The van der Waals surface area contributed by atoms with Crippen LogP contribution in [-0.2, 0) is 14.8 Å². The zero-order valence-electron chi connectivity index (χ0n) is 13.1. The molecule has 0 spiro atoms. The molecule has 0 atom stereocenters. The fourth-order valence-corrected chi connectivity index (χ4v) is 3.77. The number of ether oxygens (including phenoxy) is 2. The Labute approximate surface area is 145 Å². The molecule has 0 radical (unpaired) electrons. The Morgan fingerprint density at radius 3 is 2.29 bits per heavy atom. The molecule has 6 nitrogen and oxygen atoms in total. The zero-order chi connectivity index (χ0) is 17.7. The van der Waals surface area contributed by atoms with Gasteiger partial charge in [-0.05, 0) is 35.9 Å². The van der Waals surface area contributed by atoms with Crippen molar-refractivity contribution in [1.29, 1.82) is 0 Å². The number of rotatable bonds is 7. The Balaban J connectivity index is 2.60. The molecule has 0 aromatic heterocycles. The van der Waals surface area contributed by atoms with Gasteiger partial charge < -0.3 is 9.47 Å². The average Bonchev–Trinajstić information content (AvgIpc) is 2.59. The van der Waals surface area contributed by atoms with Crippen LogP contribution < -0.4 is 13.8 Å². The van der Waals surface area contributed by atoms with Gasteiger partial charge in [0.15, 0.2) is 0 Å². The molecule has 0 aliphatic rings. The molecule has 0 N–H and O–H groups in total. The van der Waals surface area contributed by atoms with Crippen LogP contribution in [0.25, 0.3) is 0 Å². The Bertz CT molecular complexity index is 824. The minimum atomic E-state index is -3.99. The van der Waals surface area contributed by atoms with E-state index in [0.29, 0.717) is 5.75 Å². The first-order valence-corrected chi connectivity index (χ1v) is 8.70. The van der Waals surface area contributed by atoms with Crippen LogP contribution in [0.2, 0.25) is 0 Å². The molecule has 0 bridgehead atoms. The summed E-state index contributed by atoms with van der Waals surface area (Å²) in [4.78, 5) is 11.5. The largest absolute Gasteiger partial charge is 0.497 e. The Hall–Kier alpha value is -2.25. The van der Waals surface area contributed by atoms with E-state index in [9.17, 15) is 13.2 Å². The lowest BCUT2D eigenvalue weighted by molar-refractivity contribution is -0.110. The number of anilines is 1. The quantitative estimate of drug-likeness (QED) is 0.701. The van der Waals surface area contributed by atoms with E-state index < -0.39 is 21.8 Å². The van der Waals surface area contributed by atoms with Crippen LogP contribution in [0.4, 0.5) is 5.69 Å². The van der Waals surface area contributed by atoms with Crippen molar-refractivity contribution in [2.75, 3.05) is 25.1 Å². The monoisotopic (exact) mass is 369 g/mol. The smallest absolute Gasteiger partial charge is 0.264 e. The predicted octanol–water partition coefficient (Wildman–Crippen LogP) is 2.66. The third kappa shape index (κ3) is 3.80. The maximum absolute atomic E-state index is 12.9. The average molecular weight is 370 g/mol. The minimum Gasteiger partial charge on any atom is -0.497 e. The zero-order valence-corrected chi connectivity index (χ0v) is 14.7. The summed E-state index contributed by atoms with van der Waals surface area (Å²) in [6.07, 6.45) is 0. The number of sulfonamides is 1. The van der Waals surface area contributed by atoms with Crippen LogP contribution >= 0.6 is 11.6 Å². The molecule has 0 fully saturated rings. The van der Waals surface area contributed by atoms with Crippen molar-refractivity contribution in [1.82, 2.24) is 0 Å². The van der Waals surface area contributed by atoms with Gasteiger partial charge in [0.1, 0.15) is 18.0 Å². The van der Waals surface area contributed by atoms with E-state index >= 15 is 0 Å². The Kier molecular flexibility index (Phi) is 5.69. The summed E-state index contributed by atoms with van der Waals surface area (Å²) in [7, 11) is -1.12. The van der Waals surface area contributed by atoms with E-state index in [4.69, 9.17) is 21.1 Å². The van der Waals surface area contributed by atoms with Gasteiger partial charge in [-0.25, -0.2) is 8.42 Å². The summed E-state index contributed by atoms with van der Waals surface area (Å²) in [6.45, 7) is -0.526. The summed E-state index contributed by atoms with van der Waals surface area (Å²) in [6, 6.07) is 12.4. The van der Waals surface area contributed by atoms with Gasteiger partial charge in [0.2, 0.25) is 5.24 Å². The standard InChI is InChI=1S/C16H16ClNO5S/c1-22-12-8-9-14(15(10-12)23-2)18(11-16(17)19)24(20,21)13-6-4-3-5-7-13/h3-10H,11H2,1-2H3. The van der Waals surface area contributed by atoms with Crippen LogP contribution in [0, 0.1) is 0 Å². The van der Waals surface area contributed by atoms with Crippen LogP contribution in [0.5, 0.6) is 11.5 Å². The van der Waals surface area contributed by atoms with Gasteiger partial charge in [0.25, 0.3) is 10.0 Å². The van der Waals surface area contributed by atoms with Gasteiger partial charge in [-0.15, -0.1) is 0 Å². The number of carbonyl (C=O) groups excluding carboxylic acids is 1. The number of methoxy groups -OCH3 is 2. The number of halogens is 1. The fraction of sp³-hybridized carbons (Fsp3) is 0.188. The molecule has 0 aliphatic carbocycles. The maximum Gasteiger partial charge on any atom is 0.264 e. The molecule has 0 heterocycles. The number of benzene rings is 2. The number of nitrogens with zero attached hydrogens (tertiary/aromatic N) is 1. The van der Waals surface area contributed by atoms with Crippen LogP contribution in [0.3, 0.4) is 0 Å². The van der Waals surface area contributed by atoms with Crippen molar-refractivity contribution in [3.8, 4) is 11.5 Å². The summed E-state index contributed by atoms with van der Waals surface area (Å²) in [5, 5.41) is -0.813. The molecule has 0 unspecified atom stereocenters. The Morgan fingerprint density at radius 1 is 1.08 bits per heavy atom. The van der Waals surface area contributed by atoms with E-state index in [1.165, 1.54) is 38.5 Å². The Morgan fingerprint density at radius 2 is 1.75 bits per heavy atom. The van der Waals surface area contributed by atoms with Gasteiger partial charge >= 0.3 is 0 Å². The van der Waals surface area contributed by atoms with E-state index in [0.717, 1.165) is 4.31 Å². The SMILES string of the molecule is COc1ccc(N(CC(=O)Cl)S(=O)(=O)c2ccccc2)c(OC)c1. The number of hydrogen-bond donors (Lipinski definition) is 0. The summed E-state index contributed by atoms with van der Waals surface area (Å²) >= 11 is 5.46. The van der Waals surface area contributed by atoms with Gasteiger partial charge in [-0.2, -0.15) is 0 Å². The normalized spacial score (nSPS) is 11.0. The third-order valence-electron chi connectivity index (χ3n) is 3.25. The van der Waals surface area contributed by atoms with Crippen molar-refractivity contribution in [3.63, 3.8) is 0 Å². The second kappa shape index (κ2) is 7.55. The molecule has 0 aliphatic heterocycles. The lowest BCUT2D eigenvalue weighted by Crippen LogP contribution is -2.34. The molecule has 0 amide bonds. The molecular formula is C16H16ClNO5S. The van der Waals surface area contributed by atoms with Crippen molar-refractivity contribution < 1.29 is 22.7 Å². The highest BCUT2D eigenvalue weighted by Gasteiger charge is 2.29. The molecule has 2 aromatic carbocycles. The number of hydrogen-bond acceptors (Lipinski definition) is 5. The van der Waals surface area contributed by atoms with Gasteiger partial charge in [0, 0.05) is 6.07 Å². The van der Waals surface area contributed by atoms with E-state index in [2.05, 4.69) is 0 Å². The van der Waals surface area contributed by atoms with E-state index in [1.54, 1.807) is 24.3 Å². The summed E-state index contributed by atoms with van der Waals surface area (Å²) in [5.41, 5.74) is 0.191. The highest BCUT2D eigenvalue weighted by Crippen LogP contribution is 2.35. The number of carbonyl (C=O) groups is 1. The second-order valence-electron chi connectivity index (χ2n) is 4.72. The van der Waals surface area contributed by atoms with Gasteiger partial charge in [0.05, 0.1) is 24.8 Å². The topological polar surface area (TPSA) is 72.9 Å². The second-order valence-corrected chi connectivity index (χ2v) is 7.00. The molecule has 8 heteroatoms. The van der Waals surface area contributed by atoms with Crippen molar-refractivity contribution in [3.05, 3.63) is 48.5 Å². The first-order valence-electron chi connectivity index (χ1n) is 6.88. The maximum atomic E-state index is 12.9. The highest BCUT2D eigenvalue weighted by atomic mass is 35.5. The lowest BCUT2D eigenvalue weighted by Gasteiger charge is -2.25. The molecule has 128 valence electrons. The summed E-state index contributed by atoms with van der Waals surface area (Å²) in [5.74, 6) is 0.733. The van der Waals surface area contributed by atoms with Crippen molar-refractivity contribution in [2.45, 2.75) is 4.90 Å². The fourth-order valence-electron chi connectivity index (χ4n) is 2.12. The minimum absolute atomic E-state index is 0.0424. The van der Waals surface area contributed by atoms with Gasteiger partial charge in [-0.1, -0.05) is 18.2 Å². The van der Waals surface area contributed by atoms with Gasteiger partial charge in [-0.3, -0.25) is 9.10 Å². The molecule has 0 saturated heterocycles. The van der Waals surface area contributed by atoms with Crippen molar-refractivity contribution >= 4 is 32.6 Å². The highest BCUT2D eigenvalue weighted by molar-refractivity contribution is 7.92.